The molecule has 0 bridgehead atoms. The molecule has 0 aliphatic carbocycles. The van der Waals surface area contributed by atoms with E-state index in [0.29, 0.717) is 24.3 Å². The summed E-state index contributed by atoms with van der Waals surface area (Å²) in [6.07, 6.45) is 6.22. The van der Waals surface area contributed by atoms with Crippen molar-refractivity contribution in [2.75, 3.05) is 5.32 Å². The lowest BCUT2D eigenvalue weighted by molar-refractivity contribution is -0.137. The summed E-state index contributed by atoms with van der Waals surface area (Å²) in [7, 11) is 0. The van der Waals surface area contributed by atoms with E-state index in [1.54, 1.807) is 24.3 Å². The average molecular weight is 349 g/mol. The van der Waals surface area contributed by atoms with Crippen molar-refractivity contribution in [1.29, 1.82) is 0 Å². The third kappa shape index (κ3) is 10.2. The number of unbranched alkanes of at least 4 members (excludes halogenated alkanes) is 4. The summed E-state index contributed by atoms with van der Waals surface area (Å²) in [4.78, 5) is 33.8. The van der Waals surface area contributed by atoms with Crippen molar-refractivity contribution in [1.82, 2.24) is 0 Å². The zero-order chi connectivity index (χ0) is 18.5. The number of carboxylic acids is 1. The molecule has 1 aromatic carbocycles. The van der Waals surface area contributed by atoms with Crippen LogP contribution < -0.4 is 10.1 Å². The van der Waals surface area contributed by atoms with E-state index in [0.717, 1.165) is 19.3 Å². The van der Waals surface area contributed by atoms with Crippen LogP contribution in [0.25, 0.3) is 0 Å². The second-order valence-corrected chi connectivity index (χ2v) is 5.96. The number of amides is 1. The van der Waals surface area contributed by atoms with Crippen molar-refractivity contribution in [3.05, 3.63) is 24.3 Å². The highest BCUT2D eigenvalue weighted by atomic mass is 16.5. The van der Waals surface area contributed by atoms with Gasteiger partial charge >= 0.3 is 11.9 Å². The van der Waals surface area contributed by atoms with E-state index >= 15 is 0 Å². The van der Waals surface area contributed by atoms with Crippen molar-refractivity contribution in [2.45, 2.75) is 64.7 Å². The van der Waals surface area contributed by atoms with Gasteiger partial charge in [-0.25, -0.2) is 0 Å². The van der Waals surface area contributed by atoms with Gasteiger partial charge in [-0.05, 0) is 37.1 Å². The Kier molecular flexibility index (Phi) is 9.97. The molecular formula is C19H27NO5. The summed E-state index contributed by atoms with van der Waals surface area (Å²) in [5, 5.41) is 11.2. The zero-order valence-electron chi connectivity index (χ0n) is 14.8. The van der Waals surface area contributed by atoms with Gasteiger partial charge in [0.2, 0.25) is 5.91 Å². The number of carbonyl (C=O) groups is 3. The minimum Gasteiger partial charge on any atom is -0.481 e. The number of benzene rings is 1. The molecule has 0 atom stereocenters. The van der Waals surface area contributed by atoms with E-state index in [1.807, 2.05) is 0 Å². The molecule has 2 N–H and O–H groups in total. The number of anilines is 1. The van der Waals surface area contributed by atoms with E-state index < -0.39 is 5.97 Å². The van der Waals surface area contributed by atoms with Gasteiger partial charge in [0.1, 0.15) is 5.75 Å². The lowest BCUT2D eigenvalue weighted by atomic mass is 10.1. The molecule has 1 rings (SSSR count). The Morgan fingerprint density at radius 1 is 0.920 bits per heavy atom. The van der Waals surface area contributed by atoms with Crippen LogP contribution in [0, 0.1) is 0 Å². The molecule has 0 heterocycles. The van der Waals surface area contributed by atoms with Gasteiger partial charge in [-0.1, -0.05) is 32.6 Å². The smallest absolute Gasteiger partial charge is 0.311 e. The Hall–Kier alpha value is -2.37. The molecule has 0 fully saturated rings. The van der Waals surface area contributed by atoms with E-state index in [4.69, 9.17) is 9.84 Å². The highest BCUT2D eigenvalue weighted by Gasteiger charge is 2.07. The number of hydrogen-bond donors (Lipinski definition) is 2. The number of nitrogens with one attached hydrogen (secondary N) is 1. The Morgan fingerprint density at radius 3 is 2.24 bits per heavy atom. The molecule has 25 heavy (non-hydrogen) atoms. The summed E-state index contributed by atoms with van der Waals surface area (Å²) in [5.41, 5.74) is 0.583. The van der Waals surface area contributed by atoms with Crippen LogP contribution in [0.5, 0.6) is 5.75 Å². The molecular weight excluding hydrogens is 322 g/mol. The van der Waals surface area contributed by atoms with Crippen molar-refractivity contribution in [3.8, 4) is 5.75 Å². The Bertz CT molecular complexity index is 553. The van der Waals surface area contributed by atoms with Gasteiger partial charge in [-0.2, -0.15) is 0 Å². The van der Waals surface area contributed by atoms with Gasteiger partial charge in [0.15, 0.2) is 0 Å². The first-order chi connectivity index (χ1) is 12.0. The van der Waals surface area contributed by atoms with E-state index in [-0.39, 0.29) is 24.7 Å². The normalized spacial score (nSPS) is 10.3. The number of aliphatic carboxylic acids is 1. The second kappa shape index (κ2) is 12.1. The topological polar surface area (TPSA) is 92.7 Å². The first kappa shape index (κ1) is 20.7. The first-order valence-corrected chi connectivity index (χ1v) is 8.83. The van der Waals surface area contributed by atoms with Gasteiger partial charge in [0.25, 0.3) is 0 Å². The van der Waals surface area contributed by atoms with Crippen LogP contribution in [0.2, 0.25) is 0 Å². The van der Waals surface area contributed by atoms with Crippen LogP contribution in [-0.2, 0) is 14.4 Å². The Balaban J connectivity index is 2.29. The number of hydrogen-bond acceptors (Lipinski definition) is 4. The molecule has 0 saturated heterocycles. The van der Waals surface area contributed by atoms with Gasteiger partial charge < -0.3 is 15.2 Å². The molecule has 1 aromatic rings. The minimum absolute atomic E-state index is 0.0270. The van der Waals surface area contributed by atoms with Crippen LogP contribution in [-0.4, -0.2) is 23.0 Å². The Morgan fingerprint density at radius 2 is 1.60 bits per heavy atom. The van der Waals surface area contributed by atoms with Gasteiger partial charge in [0.05, 0.1) is 0 Å². The molecule has 138 valence electrons. The fourth-order valence-corrected chi connectivity index (χ4v) is 2.29. The summed E-state index contributed by atoms with van der Waals surface area (Å²) in [6, 6.07) is 6.56. The molecule has 0 spiro atoms. The first-order valence-electron chi connectivity index (χ1n) is 8.83. The standard InChI is InChI=1S/C19H27NO5/c1-2-3-4-5-6-10-19(24)25-16-13-11-15(12-14-16)20-17(21)8-7-9-18(22)23/h11-14H,2-10H2,1H3,(H,20,21)(H,22,23). The molecule has 1 amide bonds. The highest BCUT2D eigenvalue weighted by Crippen LogP contribution is 2.17. The summed E-state index contributed by atoms with van der Waals surface area (Å²) in [6.45, 7) is 2.15. The van der Waals surface area contributed by atoms with E-state index in [1.165, 1.54) is 12.8 Å². The van der Waals surface area contributed by atoms with E-state index in [2.05, 4.69) is 12.2 Å². The van der Waals surface area contributed by atoms with Crippen molar-refractivity contribution in [3.63, 3.8) is 0 Å². The van der Waals surface area contributed by atoms with Crippen LogP contribution in [0.4, 0.5) is 5.69 Å². The number of ether oxygens (including phenoxy) is 1. The second-order valence-electron chi connectivity index (χ2n) is 5.96. The van der Waals surface area contributed by atoms with Crippen LogP contribution in [0.15, 0.2) is 24.3 Å². The maximum atomic E-state index is 11.7. The molecule has 0 radical (unpaired) electrons. The number of carbonyl (C=O) groups excluding carboxylic acids is 2. The molecule has 0 aliphatic heterocycles. The summed E-state index contributed by atoms with van der Waals surface area (Å²) in [5.74, 6) is -0.952. The van der Waals surface area contributed by atoms with Crippen LogP contribution in [0.1, 0.15) is 64.7 Å². The number of esters is 1. The third-order valence-corrected chi connectivity index (χ3v) is 3.65. The van der Waals surface area contributed by atoms with Crippen molar-refractivity contribution >= 4 is 23.5 Å². The van der Waals surface area contributed by atoms with Crippen LogP contribution >= 0.6 is 0 Å². The maximum Gasteiger partial charge on any atom is 0.311 e. The summed E-state index contributed by atoms with van der Waals surface area (Å²) < 4.78 is 5.26. The predicted molar refractivity (Wildman–Crippen MR) is 95.6 cm³/mol. The Labute approximate surface area is 148 Å². The summed E-state index contributed by atoms with van der Waals surface area (Å²) >= 11 is 0. The monoisotopic (exact) mass is 349 g/mol. The van der Waals surface area contributed by atoms with E-state index in [9.17, 15) is 14.4 Å². The molecule has 6 heteroatoms. The maximum absolute atomic E-state index is 11.7. The predicted octanol–water partition coefficient (Wildman–Crippen LogP) is 4.15. The number of carboxylic acid groups (broad SMARTS) is 1. The molecule has 0 aliphatic rings. The molecule has 0 aromatic heterocycles. The third-order valence-electron chi connectivity index (χ3n) is 3.65. The van der Waals surface area contributed by atoms with Gasteiger partial charge in [-0.3, -0.25) is 14.4 Å². The molecule has 0 unspecified atom stereocenters. The van der Waals surface area contributed by atoms with Gasteiger partial charge in [-0.15, -0.1) is 0 Å². The lowest BCUT2D eigenvalue weighted by Crippen LogP contribution is -2.12. The number of rotatable bonds is 12. The lowest BCUT2D eigenvalue weighted by Gasteiger charge is -2.07. The average Bonchev–Trinajstić information content (AvgIpc) is 2.56. The fourth-order valence-electron chi connectivity index (χ4n) is 2.29. The SMILES string of the molecule is CCCCCCCC(=O)Oc1ccc(NC(=O)CCCC(=O)O)cc1. The molecule has 0 saturated carbocycles. The van der Waals surface area contributed by atoms with Crippen LogP contribution in [0.3, 0.4) is 0 Å². The largest absolute Gasteiger partial charge is 0.481 e. The van der Waals surface area contributed by atoms with Crippen molar-refractivity contribution < 1.29 is 24.2 Å². The fraction of sp³-hybridized carbons (Fsp3) is 0.526. The quantitative estimate of drug-likeness (QED) is 0.336. The highest BCUT2D eigenvalue weighted by molar-refractivity contribution is 5.90. The van der Waals surface area contributed by atoms with Gasteiger partial charge in [0, 0.05) is 24.9 Å². The minimum atomic E-state index is -0.913. The zero-order valence-corrected chi connectivity index (χ0v) is 14.8. The molecule has 6 nitrogen and oxygen atoms in total. The van der Waals surface area contributed by atoms with Crippen molar-refractivity contribution in [2.24, 2.45) is 0 Å².